The standard InChI is InChI=1S/C18H17N3O2/c1-13-16(17(23-20-13)15-9-6-10-19-11-15)18(22)21(2)12-14-7-4-3-5-8-14/h3-11H,12H2,1-2H3. The third-order valence-corrected chi connectivity index (χ3v) is 3.61. The zero-order valence-electron chi connectivity index (χ0n) is 13.1. The van der Waals surface area contributed by atoms with Gasteiger partial charge in [-0.15, -0.1) is 0 Å². The highest BCUT2D eigenvalue weighted by atomic mass is 16.5. The van der Waals surface area contributed by atoms with Crippen molar-refractivity contribution in [3.05, 3.63) is 71.7 Å². The number of hydrogen-bond donors (Lipinski definition) is 0. The number of hydrogen-bond acceptors (Lipinski definition) is 4. The van der Waals surface area contributed by atoms with E-state index in [2.05, 4.69) is 10.1 Å². The third kappa shape index (κ3) is 3.13. The van der Waals surface area contributed by atoms with Gasteiger partial charge in [0.05, 0.1) is 5.69 Å². The zero-order valence-corrected chi connectivity index (χ0v) is 13.1. The first-order valence-corrected chi connectivity index (χ1v) is 7.33. The van der Waals surface area contributed by atoms with Gasteiger partial charge in [-0.2, -0.15) is 0 Å². The minimum atomic E-state index is -0.119. The lowest BCUT2D eigenvalue weighted by Crippen LogP contribution is -2.26. The van der Waals surface area contributed by atoms with E-state index >= 15 is 0 Å². The Morgan fingerprint density at radius 3 is 2.65 bits per heavy atom. The van der Waals surface area contributed by atoms with Crippen molar-refractivity contribution in [1.82, 2.24) is 15.0 Å². The molecule has 0 spiro atoms. The molecule has 2 aromatic heterocycles. The molecule has 0 atom stereocenters. The molecule has 0 bridgehead atoms. The van der Waals surface area contributed by atoms with E-state index in [4.69, 9.17) is 4.52 Å². The van der Waals surface area contributed by atoms with Gasteiger partial charge in [0.2, 0.25) is 0 Å². The van der Waals surface area contributed by atoms with E-state index < -0.39 is 0 Å². The SMILES string of the molecule is Cc1noc(-c2cccnc2)c1C(=O)N(C)Cc1ccccc1. The molecule has 0 aliphatic heterocycles. The summed E-state index contributed by atoms with van der Waals surface area (Å²) in [7, 11) is 1.77. The molecule has 1 amide bonds. The van der Waals surface area contributed by atoms with Crippen molar-refractivity contribution < 1.29 is 9.32 Å². The van der Waals surface area contributed by atoms with E-state index in [1.165, 1.54) is 0 Å². The average molecular weight is 307 g/mol. The summed E-state index contributed by atoms with van der Waals surface area (Å²) >= 11 is 0. The van der Waals surface area contributed by atoms with Crippen LogP contribution < -0.4 is 0 Å². The van der Waals surface area contributed by atoms with Crippen LogP contribution >= 0.6 is 0 Å². The monoisotopic (exact) mass is 307 g/mol. The fourth-order valence-corrected chi connectivity index (χ4v) is 2.44. The van der Waals surface area contributed by atoms with Crippen LogP contribution in [0.1, 0.15) is 21.6 Å². The van der Waals surface area contributed by atoms with Crippen molar-refractivity contribution in [1.29, 1.82) is 0 Å². The first-order valence-electron chi connectivity index (χ1n) is 7.33. The van der Waals surface area contributed by atoms with Gasteiger partial charge >= 0.3 is 0 Å². The minimum Gasteiger partial charge on any atom is -0.355 e. The normalized spacial score (nSPS) is 10.5. The van der Waals surface area contributed by atoms with Crippen LogP contribution in [0.25, 0.3) is 11.3 Å². The third-order valence-electron chi connectivity index (χ3n) is 3.61. The van der Waals surface area contributed by atoms with E-state index in [0.717, 1.165) is 11.1 Å². The van der Waals surface area contributed by atoms with Crippen LogP contribution in [0.15, 0.2) is 59.4 Å². The minimum absolute atomic E-state index is 0.119. The molecule has 23 heavy (non-hydrogen) atoms. The van der Waals surface area contributed by atoms with Crippen LogP contribution in [0.3, 0.4) is 0 Å². The molecule has 0 N–H and O–H groups in total. The molecule has 3 rings (SSSR count). The van der Waals surface area contributed by atoms with Gasteiger partial charge in [-0.1, -0.05) is 35.5 Å². The van der Waals surface area contributed by atoms with Gasteiger partial charge in [0.25, 0.3) is 5.91 Å². The molecule has 0 aliphatic rings. The Hall–Kier alpha value is -2.95. The summed E-state index contributed by atoms with van der Waals surface area (Å²) in [6, 6.07) is 13.5. The molecule has 116 valence electrons. The number of carbonyl (C=O) groups is 1. The molecule has 2 heterocycles. The van der Waals surface area contributed by atoms with Crippen molar-refractivity contribution in [3.8, 4) is 11.3 Å². The Labute approximate surface area is 134 Å². The predicted molar refractivity (Wildman–Crippen MR) is 86.7 cm³/mol. The van der Waals surface area contributed by atoms with Crippen LogP contribution in [0.5, 0.6) is 0 Å². The summed E-state index contributed by atoms with van der Waals surface area (Å²) in [5, 5.41) is 3.95. The quantitative estimate of drug-likeness (QED) is 0.742. The van der Waals surface area contributed by atoms with Crippen LogP contribution in [0.2, 0.25) is 0 Å². The largest absolute Gasteiger partial charge is 0.355 e. The molecular formula is C18H17N3O2. The van der Waals surface area contributed by atoms with Gasteiger partial charge in [0, 0.05) is 31.5 Å². The van der Waals surface area contributed by atoms with Gasteiger partial charge < -0.3 is 9.42 Å². The predicted octanol–water partition coefficient (Wildman–Crippen LogP) is 3.32. The maximum Gasteiger partial charge on any atom is 0.259 e. The lowest BCUT2D eigenvalue weighted by atomic mass is 10.1. The van der Waals surface area contributed by atoms with Crippen molar-refractivity contribution >= 4 is 5.91 Å². The van der Waals surface area contributed by atoms with Crippen LogP contribution in [-0.2, 0) is 6.54 Å². The van der Waals surface area contributed by atoms with Crippen molar-refractivity contribution in [2.75, 3.05) is 7.05 Å². The number of amides is 1. The highest BCUT2D eigenvalue weighted by Crippen LogP contribution is 2.26. The second-order valence-corrected chi connectivity index (χ2v) is 5.36. The number of aryl methyl sites for hydroxylation is 1. The van der Waals surface area contributed by atoms with Gasteiger partial charge in [-0.3, -0.25) is 9.78 Å². The average Bonchev–Trinajstić information content (AvgIpc) is 2.97. The fourth-order valence-electron chi connectivity index (χ4n) is 2.44. The molecule has 0 radical (unpaired) electrons. The van der Waals surface area contributed by atoms with Gasteiger partial charge in [0.1, 0.15) is 5.56 Å². The molecule has 3 aromatic rings. The Morgan fingerprint density at radius 1 is 1.17 bits per heavy atom. The van der Waals surface area contributed by atoms with E-state index in [9.17, 15) is 4.79 Å². The number of nitrogens with zero attached hydrogens (tertiary/aromatic N) is 3. The Kier molecular flexibility index (Phi) is 4.19. The summed E-state index contributed by atoms with van der Waals surface area (Å²) in [4.78, 5) is 18.6. The second-order valence-electron chi connectivity index (χ2n) is 5.36. The van der Waals surface area contributed by atoms with E-state index in [1.54, 1.807) is 37.3 Å². The number of aromatic nitrogens is 2. The first-order chi connectivity index (χ1) is 11.2. The van der Waals surface area contributed by atoms with Gasteiger partial charge in [-0.25, -0.2) is 0 Å². The molecule has 0 unspecified atom stereocenters. The maximum absolute atomic E-state index is 12.8. The Bertz CT molecular complexity index is 798. The molecule has 0 saturated carbocycles. The zero-order chi connectivity index (χ0) is 16.2. The number of pyridine rings is 1. The Morgan fingerprint density at radius 2 is 1.96 bits per heavy atom. The molecule has 5 heteroatoms. The van der Waals surface area contributed by atoms with Gasteiger partial charge in [0.15, 0.2) is 5.76 Å². The highest BCUT2D eigenvalue weighted by Gasteiger charge is 2.24. The lowest BCUT2D eigenvalue weighted by Gasteiger charge is -2.17. The molecule has 0 saturated heterocycles. The van der Waals surface area contributed by atoms with Crippen LogP contribution in [0, 0.1) is 6.92 Å². The number of carbonyl (C=O) groups excluding carboxylic acids is 1. The summed E-state index contributed by atoms with van der Waals surface area (Å²) in [6.45, 7) is 2.30. The molecular weight excluding hydrogens is 290 g/mol. The van der Waals surface area contributed by atoms with Crippen molar-refractivity contribution in [2.24, 2.45) is 0 Å². The fraction of sp³-hybridized carbons (Fsp3) is 0.167. The van der Waals surface area contributed by atoms with E-state index in [0.29, 0.717) is 23.6 Å². The lowest BCUT2D eigenvalue weighted by molar-refractivity contribution is 0.0784. The van der Waals surface area contributed by atoms with Crippen molar-refractivity contribution in [3.63, 3.8) is 0 Å². The first kappa shape index (κ1) is 15.0. The molecule has 0 aliphatic carbocycles. The van der Waals surface area contributed by atoms with E-state index in [-0.39, 0.29) is 5.91 Å². The van der Waals surface area contributed by atoms with Crippen LogP contribution in [-0.4, -0.2) is 28.0 Å². The summed E-state index contributed by atoms with van der Waals surface area (Å²) in [6.07, 6.45) is 3.34. The summed E-state index contributed by atoms with van der Waals surface area (Å²) in [5.74, 6) is 0.340. The number of benzene rings is 1. The topological polar surface area (TPSA) is 59.2 Å². The van der Waals surface area contributed by atoms with Crippen molar-refractivity contribution in [2.45, 2.75) is 13.5 Å². The van der Waals surface area contributed by atoms with E-state index in [1.807, 2.05) is 36.4 Å². The molecule has 0 fully saturated rings. The maximum atomic E-state index is 12.8. The molecule has 1 aromatic carbocycles. The summed E-state index contributed by atoms with van der Waals surface area (Å²) in [5.41, 5.74) is 2.87. The smallest absolute Gasteiger partial charge is 0.259 e. The molecule has 5 nitrogen and oxygen atoms in total. The Balaban J connectivity index is 1.89. The van der Waals surface area contributed by atoms with Gasteiger partial charge in [-0.05, 0) is 24.6 Å². The number of rotatable bonds is 4. The highest BCUT2D eigenvalue weighted by molar-refractivity contribution is 6.00. The second kappa shape index (κ2) is 6.44. The van der Waals surface area contributed by atoms with Crippen LogP contribution in [0.4, 0.5) is 0 Å². The summed E-state index contributed by atoms with van der Waals surface area (Å²) < 4.78 is 5.37.